The Kier molecular flexibility index (Phi) is 7.08. The van der Waals surface area contributed by atoms with E-state index in [0.717, 1.165) is 0 Å². The van der Waals surface area contributed by atoms with Gasteiger partial charge in [0.1, 0.15) is 12.4 Å². The lowest BCUT2D eigenvalue weighted by atomic mass is 10.1. The molecule has 0 aromatic heterocycles. The maximum atomic E-state index is 11.6. The van der Waals surface area contributed by atoms with E-state index >= 15 is 0 Å². The summed E-state index contributed by atoms with van der Waals surface area (Å²) in [6.07, 6.45) is 0.0932. The zero-order chi connectivity index (χ0) is 16.5. The average Bonchev–Trinajstić information content (AvgIpc) is 2.45. The maximum Gasteiger partial charge on any atom is 0.307 e. The monoisotopic (exact) mass is 307 g/mol. The van der Waals surface area contributed by atoms with E-state index in [1.54, 1.807) is 18.2 Å². The summed E-state index contributed by atoms with van der Waals surface area (Å²) in [4.78, 5) is 33.7. The number of carbonyl (C=O) groups is 3. The van der Waals surface area contributed by atoms with Gasteiger partial charge >= 0.3 is 5.97 Å². The highest BCUT2D eigenvalue weighted by Crippen LogP contribution is 2.21. The van der Waals surface area contributed by atoms with Gasteiger partial charge in [0, 0.05) is 24.6 Å². The van der Waals surface area contributed by atoms with Gasteiger partial charge in [0.05, 0.1) is 13.0 Å². The summed E-state index contributed by atoms with van der Waals surface area (Å²) < 4.78 is 10.6. The highest BCUT2D eigenvalue weighted by Gasteiger charge is 2.10. The second-order valence-corrected chi connectivity index (χ2v) is 4.71. The maximum absolute atomic E-state index is 11.6. The van der Waals surface area contributed by atoms with Gasteiger partial charge in [-0.05, 0) is 32.0 Å². The Bertz CT molecular complexity index is 553. The molecule has 0 aliphatic rings. The van der Waals surface area contributed by atoms with Gasteiger partial charge < -0.3 is 14.8 Å². The number of ketones is 1. The lowest BCUT2D eigenvalue weighted by Gasteiger charge is -2.12. The van der Waals surface area contributed by atoms with Gasteiger partial charge in [-0.25, -0.2) is 0 Å². The van der Waals surface area contributed by atoms with Crippen molar-refractivity contribution >= 4 is 17.7 Å². The highest BCUT2D eigenvalue weighted by molar-refractivity contribution is 5.94. The van der Waals surface area contributed by atoms with Crippen molar-refractivity contribution in [2.24, 2.45) is 0 Å². The summed E-state index contributed by atoms with van der Waals surface area (Å²) in [6, 6.07) is 5.03. The van der Waals surface area contributed by atoms with Crippen LogP contribution in [0.25, 0.3) is 0 Å². The number of rotatable bonds is 8. The van der Waals surface area contributed by atoms with E-state index < -0.39 is 5.97 Å². The highest BCUT2D eigenvalue weighted by atomic mass is 16.5. The molecule has 0 spiro atoms. The van der Waals surface area contributed by atoms with E-state index in [2.05, 4.69) is 5.32 Å². The lowest BCUT2D eigenvalue weighted by Crippen LogP contribution is -2.23. The van der Waals surface area contributed by atoms with Crippen molar-refractivity contribution in [1.29, 1.82) is 0 Å². The number of carbonyl (C=O) groups excluding carboxylic acids is 3. The first-order valence-corrected chi connectivity index (χ1v) is 7.10. The van der Waals surface area contributed by atoms with Gasteiger partial charge in [0.2, 0.25) is 5.91 Å². The fourth-order valence-corrected chi connectivity index (χ4v) is 1.78. The molecular formula is C16H21NO5. The molecule has 0 fully saturated rings. The average molecular weight is 307 g/mol. The molecule has 0 saturated heterocycles. The van der Waals surface area contributed by atoms with Gasteiger partial charge in [-0.15, -0.1) is 0 Å². The van der Waals surface area contributed by atoms with Crippen LogP contribution in [0.2, 0.25) is 0 Å². The molecule has 1 aromatic carbocycles. The largest absolute Gasteiger partial charge is 0.493 e. The Morgan fingerprint density at radius 2 is 1.91 bits per heavy atom. The van der Waals surface area contributed by atoms with E-state index in [1.807, 2.05) is 6.92 Å². The molecule has 1 N–H and O–H groups in total. The van der Waals surface area contributed by atoms with Crippen LogP contribution in [0.3, 0.4) is 0 Å². The molecule has 0 heterocycles. The summed E-state index contributed by atoms with van der Waals surface area (Å²) >= 11 is 0. The first-order valence-electron chi connectivity index (χ1n) is 7.10. The minimum Gasteiger partial charge on any atom is -0.493 e. The fraction of sp³-hybridized carbons (Fsp3) is 0.438. The Labute approximate surface area is 129 Å². The molecule has 0 atom stereocenters. The number of nitrogens with one attached hydrogen (secondary N) is 1. The molecule has 1 rings (SSSR count). The molecule has 0 bridgehead atoms. The Balaban J connectivity index is 2.65. The molecule has 1 aromatic rings. The van der Waals surface area contributed by atoms with Gasteiger partial charge in [0.25, 0.3) is 0 Å². The summed E-state index contributed by atoms with van der Waals surface area (Å²) in [5, 5.41) is 2.52. The van der Waals surface area contributed by atoms with Crippen LogP contribution in [0.4, 0.5) is 0 Å². The molecule has 0 aliphatic heterocycles. The molecular weight excluding hydrogens is 286 g/mol. The third-order valence-electron chi connectivity index (χ3n) is 2.86. The van der Waals surface area contributed by atoms with Crippen LogP contribution in [-0.4, -0.2) is 30.8 Å². The van der Waals surface area contributed by atoms with Crippen LogP contribution in [0.1, 0.15) is 43.1 Å². The first kappa shape index (κ1) is 17.7. The number of amides is 1. The molecule has 22 heavy (non-hydrogen) atoms. The molecule has 6 nitrogen and oxygen atoms in total. The number of hydrogen-bond donors (Lipinski definition) is 1. The van der Waals surface area contributed by atoms with Crippen molar-refractivity contribution < 1.29 is 23.9 Å². The van der Waals surface area contributed by atoms with Gasteiger partial charge in [-0.3, -0.25) is 14.4 Å². The van der Waals surface area contributed by atoms with Crippen molar-refractivity contribution in [3.05, 3.63) is 29.3 Å². The number of hydrogen-bond acceptors (Lipinski definition) is 5. The van der Waals surface area contributed by atoms with Gasteiger partial charge in [-0.1, -0.05) is 0 Å². The van der Waals surface area contributed by atoms with E-state index in [-0.39, 0.29) is 31.3 Å². The minimum atomic E-state index is -0.426. The second-order valence-electron chi connectivity index (χ2n) is 4.71. The molecule has 0 aliphatic carbocycles. The number of Topliss-reactive ketones (excluding diaryl/α,β-unsaturated/α-hetero) is 1. The smallest absolute Gasteiger partial charge is 0.307 e. The normalized spacial score (nSPS) is 9.95. The summed E-state index contributed by atoms with van der Waals surface area (Å²) in [5.41, 5.74) is 1.18. The number of benzene rings is 1. The molecule has 0 saturated carbocycles. The van der Waals surface area contributed by atoms with E-state index in [4.69, 9.17) is 9.47 Å². The predicted molar refractivity (Wildman–Crippen MR) is 80.7 cm³/mol. The van der Waals surface area contributed by atoms with Crippen LogP contribution in [0.15, 0.2) is 18.2 Å². The molecule has 120 valence electrons. The van der Waals surface area contributed by atoms with Crippen molar-refractivity contribution in [2.45, 2.75) is 33.8 Å². The molecule has 6 heteroatoms. The quantitative estimate of drug-likeness (QED) is 0.585. The van der Waals surface area contributed by atoms with Crippen LogP contribution in [0, 0.1) is 0 Å². The fourth-order valence-electron chi connectivity index (χ4n) is 1.78. The Morgan fingerprint density at radius 1 is 1.18 bits per heavy atom. The zero-order valence-electron chi connectivity index (χ0n) is 13.1. The Morgan fingerprint density at radius 3 is 2.50 bits per heavy atom. The summed E-state index contributed by atoms with van der Waals surface area (Å²) in [5.74, 6) is -0.103. The Hall–Kier alpha value is -2.37. The topological polar surface area (TPSA) is 81.7 Å². The zero-order valence-corrected chi connectivity index (χ0v) is 13.1. The van der Waals surface area contributed by atoms with Crippen LogP contribution in [0.5, 0.6) is 5.75 Å². The van der Waals surface area contributed by atoms with Gasteiger partial charge in [0.15, 0.2) is 5.78 Å². The predicted octanol–water partition coefficient (Wildman–Crippen LogP) is 1.86. The SMILES string of the molecule is CCOc1ccc(C(C)=O)cc1COC(=O)CCNC(C)=O. The van der Waals surface area contributed by atoms with Gasteiger partial charge in [-0.2, -0.15) is 0 Å². The van der Waals surface area contributed by atoms with E-state index in [9.17, 15) is 14.4 Å². The van der Waals surface area contributed by atoms with Crippen LogP contribution < -0.4 is 10.1 Å². The molecule has 0 unspecified atom stereocenters. The molecule has 1 amide bonds. The number of ether oxygens (including phenoxy) is 2. The van der Waals surface area contributed by atoms with Crippen molar-refractivity contribution in [3.63, 3.8) is 0 Å². The minimum absolute atomic E-state index is 0.0232. The standard InChI is InChI=1S/C16H21NO5/c1-4-21-15-6-5-13(11(2)18)9-14(15)10-22-16(20)7-8-17-12(3)19/h5-6,9H,4,7-8,10H2,1-3H3,(H,17,19). The molecule has 0 radical (unpaired) electrons. The van der Waals surface area contributed by atoms with E-state index in [1.165, 1.54) is 13.8 Å². The van der Waals surface area contributed by atoms with Crippen LogP contribution >= 0.6 is 0 Å². The first-order chi connectivity index (χ1) is 10.4. The lowest BCUT2D eigenvalue weighted by molar-refractivity contribution is -0.144. The van der Waals surface area contributed by atoms with Crippen LogP contribution in [-0.2, 0) is 20.9 Å². The van der Waals surface area contributed by atoms with Crippen molar-refractivity contribution in [3.8, 4) is 5.75 Å². The summed E-state index contributed by atoms with van der Waals surface area (Å²) in [6.45, 7) is 5.44. The van der Waals surface area contributed by atoms with Crippen molar-refractivity contribution in [2.75, 3.05) is 13.2 Å². The van der Waals surface area contributed by atoms with E-state index in [0.29, 0.717) is 23.5 Å². The third kappa shape index (κ3) is 5.95. The third-order valence-corrected chi connectivity index (χ3v) is 2.86. The summed E-state index contributed by atoms with van der Waals surface area (Å²) in [7, 11) is 0. The number of esters is 1. The second kappa shape index (κ2) is 8.81. The van der Waals surface area contributed by atoms with Crippen molar-refractivity contribution in [1.82, 2.24) is 5.32 Å².